The molecular weight excluding hydrogens is 224 g/mol. The summed E-state index contributed by atoms with van der Waals surface area (Å²) in [5.74, 6) is 0.461. The predicted octanol–water partition coefficient (Wildman–Crippen LogP) is 1.28. The SMILES string of the molecule is CNC(C)C(=O)Nc1nnc(CC(C)C)s1. The van der Waals surface area contributed by atoms with Crippen molar-refractivity contribution in [3.05, 3.63) is 5.01 Å². The molecule has 1 aromatic heterocycles. The Morgan fingerprint density at radius 3 is 2.62 bits per heavy atom. The van der Waals surface area contributed by atoms with E-state index in [1.165, 1.54) is 11.3 Å². The summed E-state index contributed by atoms with van der Waals surface area (Å²) in [7, 11) is 1.74. The van der Waals surface area contributed by atoms with Crippen LogP contribution in [0.2, 0.25) is 0 Å². The molecule has 5 nitrogen and oxygen atoms in total. The van der Waals surface area contributed by atoms with Crippen LogP contribution >= 0.6 is 11.3 Å². The number of nitrogens with zero attached hydrogens (tertiary/aromatic N) is 2. The number of rotatable bonds is 5. The fourth-order valence-electron chi connectivity index (χ4n) is 1.08. The highest BCUT2D eigenvalue weighted by atomic mass is 32.1. The van der Waals surface area contributed by atoms with Crippen LogP contribution in [0.5, 0.6) is 0 Å². The first-order valence-electron chi connectivity index (χ1n) is 5.33. The van der Waals surface area contributed by atoms with Gasteiger partial charge in [0.15, 0.2) is 0 Å². The maximum atomic E-state index is 11.5. The third-order valence-corrected chi connectivity index (χ3v) is 2.97. The fourth-order valence-corrected chi connectivity index (χ4v) is 2.04. The van der Waals surface area contributed by atoms with Gasteiger partial charge in [0.05, 0.1) is 6.04 Å². The normalized spacial score (nSPS) is 12.8. The van der Waals surface area contributed by atoms with Crippen molar-refractivity contribution in [1.29, 1.82) is 0 Å². The molecule has 0 bridgehead atoms. The lowest BCUT2D eigenvalue weighted by molar-refractivity contribution is -0.117. The molecule has 0 aliphatic rings. The molecule has 0 aliphatic heterocycles. The van der Waals surface area contributed by atoms with E-state index < -0.39 is 0 Å². The molecule has 1 heterocycles. The van der Waals surface area contributed by atoms with E-state index in [0.29, 0.717) is 11.0 Å². The Balaban J connectivity index is 2.55. The summed E-state index contributed by atoms with van der Waals surface area (Å²) in [6.07, 6.45) is 0.898. The van der Waals surface area contributed by atoms with Gasteiger partial charge in [-0.2, -0.15) is 0 Å². The Hall–Kier alpha value is -1.01. The zero-order valence-electron chi connectivity index (χ0n) is 10.1. The lowest BCUT2D eigenvalue weighted by Crippen LogP contribution is -2.35. The summed E-state index contributed by atoms with van der Waals surface area (Å²) in [6.45, 7) is 6.05. The highest BCUT2D eigenvalue weighted by Crippen LogP contribution is 2.18. The molecule has 1 atom stereocenters. The molecule has 1 rings (SSSR count). The quantitative estimate of drug-likeness (QED) is 0.816. The molecule has 6 heteroatoms. The van der Waals surface area contributed by atoms with Crippen molar-refractivity contribution in [2.45, 2.75) is 33.2 Å². The number of hydrogen-bond acceptors (Lipinski definition) is 5. The molecule has 1 amide bonds. The Labute approximate surface area is 99.7 Å². The standard InChI is InChI=1S/C10H18N4OS/c1-6(2)5-8-13-14-10(16-8)12-9(15)7(3)11-4/h6-7,11H,5H2,1-4H3,(H,12,14,15). The van der Waals surface area contributed by atoms with E-state index in [0.717, 1.165) is 11.4 Å². The lowest BCUT2D eigenvalue weighted by Gasteiger charge is -2.07. The summed E-state index contributed by atoms with van der Waals surface area (Å²) in [4.78, 5) is 11.5. The number of amides is 1. The van der Waals surface area contributed by atoms with Crippen molar-refractivity contribution in [3.63, 3.8) is 0 Å². The third kappa shape index (κ3) is 3.86. The Morgan fingerprint density at radius 1 is 1.38 bits per heavy atom. The maximum absolute atomic E-state index is 11.5. The zero-order chi connectivity index (χ0) is 12.1. The van der Waals surface area contributed by atoms with Gasteiger partial charge < -0.3 is 5.32 Å². The second-order valence-electron chi connectivity index (χ2n) is 4.10. The van der Waals surface area contributed by atoms with Crippen molar-refractivity contribution in [2.75, 3.05) is 12.4 Å². The van der Waals surface area contributed by atoms with E-state index in [1.54, 1.807) is 14.0 Å². The van der Waals surface area contributed by atoms with Crippen LogP contribution in [0.15, 0.2) is 0 Å². The number of carbonyl (C=O) groups is 1. The molecule has 0 spiro atoms. The van der Waals surface area contributed by atoms with Crippen LogP contribution in [0.25, 0.3) is 0 Å². The minimum Gasteiger partial charge on any atom is -0.309 e. The smallest absolute Gasteiger partial charge is 0.243 e. The van der Waals surface area contributed by atoms with Crippen molar-refractivity contribution in [3.8, 4) is 0 Å². The number of nitrogens with one attached hydrogen (secondary N) is 2. The van der Waals surface area contributed by atoms with Gasteiger partial charge in [0, 0.05) is 6.42 Å². The summed E-state index contributed by atoms with van der Waals surface area (Å²) in [5, 5.41) is 15.1. The van der Waals surface area contributed by atoms with E-state index in [-0.39, 0.29) is 11.9 Å². The minimum atomic E-state index is -0.225. The van der Waals surface area contributed by atoms with E-state index >= 15 is 0 Å². The Bertz CT molecular complexity index is 350. The van der Waals surface area contributed by atoms with Crippen LogP contribution in [0.1, 0.15) is 25.8 Å². The molecule has 0 fully saturated rings. The van der Waals surface area contributed by atoms with Gasteiger partial charge in [-0.15, -0.1) is 10.2 Å². The van der Waals surface area contributed by atoms with Gasteiger partial charge in [-0.1, -0.05) is 25.2 Å². The van der Waals surface area contributed by atoms with Crippen molar-refractivity contribution < 1.29 is 4.79 Å². The molecule has 0 saturated heterocycles. The number of aromatic nitrogens is 2. The van der Waals surface area contributed by atoms with Gasteiger partial charge in [0.2, 0.25) is 11.0 Å². The average molecular weight is 242 g/mol. The minimum absolute atomic E-state index is 0.0882. The number of likely N-dealkylation sites (N-methyl/N-ethyl adjacent to an activating group) is 1. The van der Waals surface area contributed by atoms with Crippen molar-refractivity contribution in [1.82, 2.24) is 15.5 Å². The first-order chi connectivity index (χ1) is 7.52. The second-order valence-corrected chi connectivity index (χ2v) is 5.16. The maximum Gasteiger partial charge on any atom is 0.243 e. The molecule has 90 valence electrons. The third-order valence-electron chi connectivity index (χ3n) is 2.11. The average Bonchev–Trinajstić information content (AvgIpc) is 2.63. The van der Waals surface area contributed by atoms with Gasteiger partial charge in [-0.05, 0) is 19.9 Å². The number of carbonyl (C=O) groups excluding carboxylic acids is 1. The van der Waals surface area contributed by atoms with E-state index in [9.17, 15) is 4.79 Å². The Kier molecular flexibility index (Phi) is 4.82. The summed E-state index contributed by atoms with van der Waals surface area (Å²) in [6, 6.07) is -0.225. The summed E-state index contributed by atoms with van der Waals surface area (Å²) >= 11 is 1.44. The van der Waals surface area contributed by atoms with Crippen LogP contribution in [-0.4, -0.2) is 29.2 Å². The molecule has 1 unspecified atom stereocenters. The molecular formula is C10H18N4OS. The molecule has 0 saturated carbocycles. The van der Waals surface area contributed by atoms with Crippen LogP contribution < -0.4 is 10.6 Å². The van der Waals surface area contributed by atoms with Gasteiger partial charge in [0.25, 0.3) is 0 Å². The zero-order valence-corrected chi connectivity index (χ0v) is 10.9. The van der Waals surface area contributed by atoms with Crippen molar-refractivity contribution >= 4 is 22.4 Å². The first-order valence-corrected chi connectivity index (χ1v) is 6.15. The summed E-state index contributed by atoms with van der Waals surface area (Å²) in [5.41, 5.74) is 0. The van der Waals surface area contributed by atoms with Crippen LogP contribution in [0.4, 0.5) is 5.13 Å². The molecule has 0 aliphatic carbocycles. The topological polar surface area (TPSA) is 66.9 Å². The monoisotopic (exact) mass is 242 g/mol. The lowest BCUT2D eigenvalue weighted by atomic mass is 10.1. The van der Waals surface area contributed by atoms with E-state index in [2.05, 4.69) is 34.7 Å². The van der Waals surface area contributed by atoms with Gasteiger partial charge >= 0.3 is 0 Å². The molecule has 16 heavy (non-hydrogen) atoms. The van der Waals surface area contributed by atoms with Crippen molar-refractivity contribution in [2.24, 2.45) is 5.92 Å². The molecule has 1 aromatic rings. The van der Waals surface area contributed by atoms with Crippen LogP contribution in [0, 0.1) is 5.92 Å². The highest BCUT2D eigenvalue weighted by molar-refractivity contribution is 7.15. The van der Waals surface area contributed by atoms with E-state index in [1.807, 2.05) is 0 Å². The largest absolute Gasteiger partial charge is 0.309 e. The Morgan fingerprint density at radius 2 is 2.06 bits per heavy atom. The number of anilines is 1. The molecule has 2 N–H and O–H groups in total. The first kappa shape index (κ1) is 13.1. The van der Waals surface area contributed by atoms with Gasteiger partial charge in [0.1, 0.15) is 5.01 Å². The van der Waals surface area contributed by atoms with Crippen LogP contribution in [0.3, 0.4) is 0 Å². The fraction of sp³-hybridized carbons (Fsp3) is 0.700. The summed E-state index contributed by atoms with van der Waals surface area (Å²) < 4.78 is 0. The molecule has 0 radical (unpaired) electrons. The highest BCUT2D eigenvalue weighted by Gasteiger charge is 2.13. The molecule has 0 aromatic carbocycles. The van der Waals surface area contributed by atoms with Gasteiger partial charge in [-0.25, -0.2) is 0 Å². The van der Waals surface area contributed by atoms with Crippen LogP contribution in [-0.2, 0) is 11.2 Å². The predicted molar refractivity (Wildman–Crippen MR) is 65.6 cm³/mol. The second kappa shape index (κ2) is 5.91. The number of hydrogen-bond donors (Lipinski definition) is 2. The van der Waals surface area contributed by atoms with Gasteiger partial charge in [-0.3, -0.25) is 10.1 Å². The van der Waals surface area contributed by atoms with E-state index in [4.69, 9.17) is 0 Å².